The van der Waals surface area contributed by atoms with E-state index < -0.39 is 0 Å². The van der Waals surface area contributed by atoms with Crippen molar-refractivity contribution < 1.29 is 1.37 Å². The fraction of sp³-hybridized carbons (Fsp3) is 0. The first kappa shape index (κ1) is 9.33. The summed E-state index contributed by atoms with van der Waals surface area (Å²) in [7, 11) is 0. The van der Waals surface area contributed by atoms with Gasteiger partial charge < -0.3 is 0 Å². The molecule has 0 aromatic heterocycles. The number of fused-ring (bicyclic) bond motifs is 2. The lowest BCUT2D eigenvalue weighted by molar-refractivity contribution is 1.78. The lowest BCUT2D eigenvalue weighted by Crippen LogP contribution is -1.85. The summed E-state index contributed by atoms with van der Waals surface area (Å²) < 4.78 is 8.17. The van der Waals surface area contributed by atoms with Crippen LogP contribution in [0.3, 0.4) is 0 Å². The average Bonchev–Trinajstić information content (AvgIpc) is 2.53. The van der Waals surface area contributed by atoms with E-state index in [-0.39, 0.29) is 0 Å². The third-order valence-electron chi connectivity index (χ3n) is 4.29. The SMILES string of the molecule is [2H]c1cccc2c1cc1ccc3cccc4ccc2c1c34. The second-order valence-electron chi connectivity index (χ2n) is 5.36. The summed E-state index contributed by atoms with van der Waals surface area (Å²) in [6, 6.07) is 23.9. The van der Waals surface area contributed by atoms with E-state index in [1.165, 1.54) is 37.7 Å². The van der Waals surface area contributed by atoms with Crippen LogP contribution in [0, 0.1) is 0 Å². The first-order chi connectivity index (χ1) is 10.3. The number of benzene rings is 5. The van der Waals surface area contributed by atoms with Gasteiger partial charge in [-0.15, -0.1) is 0 Å². The monoisotopic (exact) mass is 253 g/mol. The highest BCUT2D eigenvalue weighted by atomic mass is 14.1. The molecule has 0 fully saturated rings. The third kappa shape index (κ3) is 1.16. The van der Waals surface area contributed by atoms with Crippen molar-refractivity contribution in [1.29, 1.82) is 0 Å². The Balaban J connectivity index is 2.21. The zero-order valence-electron chi connectivity index (χ0n) is 11.9. The maximum Gasteiger partial charge on any atom is 0.0629 e. The Hall–Kier alpha value is -2.60. The topological polar surface area (TPSA) is 0 Å². The van der Waals surface area contributed by atoms with Crippen LogP contribution in [0.2, 0.25) is 0 Å². The third-order valence-corrected chi connectivity index (χ3v) is 4.29. The summed E-state index contributed by atoms with van der Waals surface area (Å²) >= 11 is 0. The maximum atomic E-state index is 8.17. The Kier molecular flexibility index (Phi) is 1.63. The largest absolute Gasteiger partial charge is 0.0629 e. The first-order valence-corrected chi connectivity index (χ1v) is 6.89. The summed E-state index contributed by atoms with van der Waals surface area (Å²) in [6.45, 7) is 0. The molecule has 0 heteroatoms. The second-order valence-corrected chi connectivity index (χ2v) is 5.36. The molecule has 5 rings (SSSR count). The van der Waals surface area contributed by atoms with Gasteiger partial charge in [0.1, 0.15) is 0 Å². The standard InChI is InChI=1S/C20H12/c1-2-7-17-15(4-1)12-16-9-8-13-5-3-6-14-10-11-18(17)20(16)19(13)14/h1-12H/i4D. The summed E-state index contributed by atoms with van der Waals surface area (Å²) in [6.07, 6.45) is 0. The molecule has 0 unspecified atom stereocenters. The fourth-order valence-electron chi connectivity index (χ4n) is 3.41. The van der Waals surface area contributed by atoms with Gasteiger partial charge in [-0.05, 0) is 49.2 Å². The summed E-state index contributed by atoms with van der Waals surface area (Å²) in [5, 5.41) is 9.91. The number of hydrogen-bond acceptors (Lipinski definition) is 0. The minimum Gasteiger partial charge on any atom is -0.0616 e. The molecule has 0 amide bonds. The highest BCUT2D eigenvalue weighted by Crippen LogP contribution is 2.38. The highest BCUT2D eigenvalue weighted by molar-refractivity contribution is 6.28. The van der Waals surface area contributed by atoms with Gasteiger partial charge in [-0.3, -0.25) is 0 Å². The van der Waals surface area contributed by atoms with E-state index in [0.29, 0.717) is 6.04 Å². The molecule has 0 nitrogen and oxygen atoms in total. The van der Waals surface area contributed by atoms with Crippen LogP contribution in [-0.2, 0) is 0 Å². The van der Waals surface area contributed by atoms with Crippen LogP contribution < -0.4 is 0 Å². The maximum absolute atomic E-state index is 8.17. The van der Waals surface area contributed by atoms with E-state index in [9.17, 15) is 0 Å². The predicted octanol–water partition coefficient (Wildman–Crippen LogP) is 5.74. The van der Waals surface area contributed by atoms with E-state index in [2.05, 4.69) is 54.6 Å². The molecule has 5 aromatic rings. The molecule has 92 valence electrons. The summed E-state index contributed by atoms with van der Waals surface area (Å²) in [5.41, 5.74) is 0. The summed E-state index contributed by atoms with van der Waals surface area (Å²) in [4.78, 5) is 0. The predicted molar refractivity (Wildman–Crippen MR) is 87.7 cm³/mol. The van der Waals surface area contributed by atoms with Gasteiger partial charge in [-0.2, -0.15) is 0 Å². The molecule has 0 saturated heterocycles. The molecular weight excluding hydrogens is 240 g/mol. The normalized spacial score (nSPS) is 12.7. The van der Waals surface area contributed by atoms with Crippen LogP contribution in [-0.4, -0.2) is 0 Å². The molecule has 0 saturated carbocycles. The van der Waals surface area contributed by atoms with Crippen molar-refractivity contribution in [2.75, 3.05) is 0 Å². The minimum absolute atomic E-state index is 0.595. The molecule has 0 spiro atoms. The zero-order valence-corrected chi connectivity index (χ0v) is 10.9. The van der Waals surface area contributed by atoms with Crippen molar-refractivity contribution in [3.8, 4) is 0 Å². The Morgan fingerprint density at radius 3 is 2.25 bits per heavy atom. The highest BCUT2D eigenvalue weighted by Gasteiger charge is 2.09. The van der Waals surface area contributed by atoms with Gasteiger partial charge in [0.15, 0.2) is 0 Å². The van der Waals surface area contributed by atoms with Crippen molar-refractivity contribution >= 4 is 43.1 Å². The van der Waals surface area contributed by atoms with E-state index in [4.69, 9.17) is 1.37 Å². The Bertz CT molecular complexity index is 1120. The Morgan fingerprint density at radius 2 is 1.35 bits per heavy atom. The van der Waals surface area contributed by atoms with Crippen molar-refractivity contribution in [3.63, 3.8) is 0 Å². The van der Waals surface area contributed by atoms with E-state index in [0.717, 1.165) is 5.39 Å². The van der Waals surface area contributed by atoms with Crippen LogP contribution in [0.25, 0.3) is 43.1 Å². The van der Waals surface area contributed by atoms with Gasteiger partial charge in [0.2, 0.25) is 0 Å². The molecule has 0 bridgehead atoms. The van der Waals surface area contributed by atoms with Gasteiger partial charge in [0.25, 0.3) is 0 Å². The van der Waals surface area contributed by atoms with Crippen molar-refractivity contribution in [2.24, 2.45) is 0 Å². The average molecular weight is 253 g/mol. The smallest absolute Gasteiger partial charge is 0.0616 e. The second kappa shape index (κ2) is 3.49. The van der Waals surface area contributed by atoms with Gasteiger partial charge >= 0.3 is 0 Å². The van der Waals surface area contributed by atoms with Crippen molar-refractivity contribution in [2.45, 2.75) is 0 Å². The molecular formula is C20H12. The summed E-state index contributed by atoms with van der Waals surface area (Å²) in [5.74, 6) is 0. The molecule has 0 aliphatic carbocycles. The van der Waals surface area contributed by atoms with Gasteiger partial charge in [-0.1, -0.05) is 66.7 Å². The zero-order chi connectivity index (χ0) is 14.0. The molecule has 0 aliphatic rings. The van der Waals surface area contributed by atoms with Crippen LogP contribution in [0.5, 0.6) is 0 Å². The quantitative estimate of drug-likeness (QED) is 0.244. The fourth-order valence-corrected chi connectivity index (χ4v) is 3.41. The molecule has 0 aliphatic heterocycles. The van der Waals surface area contributed by atoms with Gasteiger partial charge in [0.05, 0.1) is 1.37 Å². The van der Waals surface area contributed by atoms with E-state index >= 15 is 0 Å². The number of hydrogen-bond donors (Lipinski definition) is 0. The van der Waals surface area contributed by atoms with Crippen molar-refractivity contribution in [3.05, 3.63) is 72.8 Å². The Morgan fingerprint density at radius 1 is 0.550 bits per heavy atom. The lowest BCUT2D eigenvalue weighted by atomic mass is 9.91. The van der Waals surface area contributed by atoms with Crippen LogP contribution >= 0.6 is 0 Å². The van der Waals surface area contributed by atoms with E-state index in [1.807, 2.05) is 12.1 Å². The van der Waals surface area contributed by atoms with Crippen LogP contribution in [0.15, 0.2) is 72.8 Å². The van der Waals surface area contributed by atoms with Crippen molar-refractivity contribution in [1.82, 2.24) is 0 Å². The molecule has 20 heavy (non-hydrogen) atoms. The first-order valence-electron chi connectivity index (χ1n) is 7.39. The minimum atomic E-state index is 0.595. The van der Waals surface area contributed by atoms with Crippen LogP contribution in [0.1, 0.15) is 1.37 Å². The number of rotatable bonds is 0. The molecule has 0 radical (unpaired) electrons. The molecule has 0 heterocycles. The Labute approximate surface area is 118 Å². The van der Waals surface area contributed by atoms with Gasteiger partial charge in [-0.25, -0.2) is 0 Å². The molecule has 0 N–H and O–H groups in total. The molecule has 5 aromatic carbocycles. The molecule has 0 atom stereocenters. The van der Waals surface area contributed by atoms with E-state index in [1.54, 1.807) is 0 Å². The van der Waals surface area contributed by atoms with Crippen LogP contribution in [0.4, 0.5) is 0 Å². The lowest BCUT2D eigenvalue weighted by Gasteiger charge is -2.12. The van der Waals surface area contributed by atoms with Gasteiger partial charge in [0, 0.05) is 0 Å².